The number of thioether (sulfide) groups is 1. The number of carbonyl (C=O) groups is 1. The van der Waals surface area contributed by atoms with Gasteiger partial charge in [-0.3, -0.25) is 19.5 Å². The first kappa shape index (κ1) is 21.5. The number of aryl methyl sites for hydroxylation is 2. The predicted molar refractivity (Wildman–Crippen MR) is 127 cm³/mol. The Balaban J connectivity index is 1.66. The topological polar surface area (TPSA) is 78.0 Å². The lowest BCUT2D eigenvalue weighted by Gasteiger charge is -2.10. The molecule has 0 aliphatic rings. The Hall–Kier alpha value is -3.71. The van der Waals surface area contributed by atoms with Gasteiger partial charge in [-0.05, 0) is 37.6 Å². The largest absolute Gasteiger partial charge is 0.294 e. The minimum absolute atomic E-state index is 0.0328. The third-order valence-corrected chi connectivity index (χ3v) is 6.08. The molecule has 4 rings (SSSR count). The van der Waals surface area contributed by atoms with Crippen LogP contribution in [0.1, 0.15) is 21.5 Å². The number of nitro groups is 1. The average Bonchev–Trinajstić information content (AvgIpc) is 3.22. The first-order valence-corrected chi connectivity index (χ1v) is 11.0. The Morgan fingerprint density at radius 3 is 2.34 bits per heavy atom. The van der Waals surface area contributed by atoms with E-state index >= 15 is 0 Å². The summed E-state index contributed by atoms with van der Waals surface area (Å²) in [4.78, 5) is 28.0. The molecule has 0 spiro atoms. The van der Waals surface area contributed by atoms with Crippen LogP contribution in [-0.2, 0) is 0 Å². The Labute approximate surface area is 190 Å². The van der Waals surface area contributed by atoms with Crippen molar-refractivity contribution in [2.24, 2.45) is 0 Å². The number of para-hydroxylation sites is 1. The third-order valence-electron chi connectivity index (χ3n) is 5.13. The highest BCUT2D eigenvalue weighted by Gasteiger charge is 2.16. The quantitative estimate of drug-likeness (QED) is 0.151. The van der Waals surface area contributed by atoms with Gasteiger partial charge < -0.3 is 0 Å². The van der Waals surface area contributed by atoms with Crippen molar-refractivity contribution in [3.63, 3.8) is 0 Å². The van der Waals surface area contributed by atoms with E-state index in [1.54, 1.807) is 12.1 Å². The van der Waals surface area contributed by atoms with Gasteiger partial charge in [0.25, 0.3) is 5.69 Å². The Morgan fingerprint density at radius 2 is 1.69 bits per heavy atom. The van der Waals surface area contributed by atoms with E-state index < -0.39 is 4.92 Å². The van der Waals surface area contributed by atoms with Gasteiger partial charge in [0, 0.05) is 29.5 Å². The number of aromatic nitrogens is 2. The second-order valence-electron chi connectivity index (χ2n) is 7.45. The fourth-order valence-electron chi connectivity index (χ4n) is 3.32. The first-order chi connectivity index (χ1) is 15.4. The van der Waals surface area contributed by atoms with Gasteiger partial charge in [0.2, 0.25) is 0 Å². The fraction of sp³-hybridized carbons (Fsp3) is 0.120. The summed E-state index contributed by atoms with van der Waals surface area (Å²) in [5.41, 5.74) is 5.32. The van der Waals surface area contributed by atoms with Gasteiger partial charge in [-0.25, -0.2) is 4.98 Å². The van der Waals surface area contributed by atoms with Gasteiger partial charge in [-0.2, -0.15) is 0 Å². The minimum Gasteiger partial charge on any atom is -0.294 e. The van der Waals surface area contributed by atoms with Crippen molar-refractivity contribution in [1.82, 2.24) is 9.55 Å². The van der Waals surface area contributed by atoms with Crippen LogP contribution in [0.25, 0.3) is 16.9 Å². The normalized spacial score (nSPS) is 10.8. The molecule has 0 atom stereocenters. The second kappa shape index (κ2) is 9.20. The number of rotatable bonds is 7. The molecule has 7 heteroatoms. The van der Waals surface area contributed by atoms with Crippen LogP contribution in [0.5, 0.6) is 0 Å². The molecule has 0 radical (unpaired) electrons. The number of benzene rings is 3. The van der Waals surface area contributed by atoms with Crippen LogP contribution < -0.4 is 0 Å². The van der Waals surface area contributed by atoms with Crippen LogP contribution in [0.2, 0.25) is 0 Å². The maximum Gasteiger partial charge on any atom is 0.269 e. The smallest absolute Gasteiger partial charge is 0.269 e. The lowest BCUT2D eigenvalue weighted by molar-refractivity contribution is -0.384. The van der Waals surface area contributed by atoms with E-state index in [9.17, 15) is 14.9 Å². The van der Waals surface area contributed by atoms with Gasteiger partial charge in [-0.15, -0.1) is 0 Å². The number of non-ortho nitro benzene ring substituents is 1. The van der Waals surface area contributed by atoms with Crippen LogP contribution in [-0.4, -0.2) is 26.0 Å². The summed E-state index contributed by atoms with van der Waals surface area (Å²) in [6.07, 6.45) is 1.90. The number of nitro benzene ring substituents is 1. The van der Waals surface area contributed by atoms with Crippen molar-refractivity contribution < 1.29 is 9.72 Å². The van der Waals surface area contributed by atoms with Crippen molar-refractivity contribution in [2.75, 3.05) is 5.75 Å². The van der Waals surface area contributed by atoms with Crippen molar-refractivity contribution in [3.05, 3.63) is 106 Å². The molecule has 1 aromatic heterocycles. The predicted octanol–water partition coefficient (Wildman–Crippen LogP) is 6.04. The van der Waals surface area contributed by atoms with E-state index in [2.05, 4.69) is 0 Å². The van der Waals surface area contributed by atoms with E-state index in [1.807, 2.05) is 73.1 Å². The number of hydrogen-bond donors (Lipinski definition) is 0. The maximum atomic E-state index is 12.7. The van der Waals surface area contributed by atoms with Crippen molar-refractivity contribution in [3.8, 4) is 16.9 Å². The molecule has 0 bridgehead atoms. The first-order valence-electron chi connectivity index (χ1n) is 10.1. The van der Waals surface area contributed by atoms with Crippen LogP contribution in [0.3, 0.4) is 0 Å². The number of imidazole rings is 1. The molecule has 32 heavy (non-hydrogen) atoms. The van der Waals surface area contributed by atoms with Crippen molar-refractivity contribution in [1.29, 1.82) is 0 Å². The molecular weight excluding hydrogens is 422 g/mol. The molecule has 0 unspecified atom stereocenters. The highest BCUT2D eigenvalue weighted by atomic mass is 32.2. The van der Waals surface area contributed by atoms with Crippen LogP contribution in [0.4, 0.5) is 5.69 Å². The second-order valence-corrected chi connectivity index (χ2v) is 8.39. The van der Waals surface area contributed by atoms with E-state index in [1.165, 1.54) is 23.9 Å². The lowest BCUT2D eigenvalue weighted by atomic mass is 10.1. The molecule has 0 amide bonds. The average molecular weight is 444 g/mol. The van der Waals surface area contributed by atoms with Crippen molar-refractivity contribution >= 4 is 23.2 Å². The standard InChI is InChI=1S/C25H21N3O3S/c1-17-7-9-20(10-8-17)24(29)16-32-25-26-22(19-11-13-21(14-12-19)28(30)31)15-27(25)23-6-4-3-5-18(23)2/h3-15H,16H2,1-2H3. The fourth-order valence-corrected chi connectivity index (χ4v) is 4.20. The highest BCUT2D eigenvalue weighted by molar-refractivity contribution is 7.99. The highest BCUT2D eigenvalue weighted by Crippen LogP contribution is 2.30. The van der Waals surface area contributed by atoms with Crippen LogP contribution in [0.15, 0.2) is 84.1 Å². The molecule has 4 aromatic rings. The lowest BCUT2D eigenvalue weighted by Crippen LogP contribution is -2.04. The van der Waals surface area contributed by atoms with Crippen LogP contribution in [0, 0.1) is 24.0 Å². The molecule has 3 aromatic carbocycles. The van der Waals surface area contributed by atoms with Crippen LogP contribution >= 0.6 is 11.8 Å². The molecule has 0 aliphatic heterocycles. The molecule has 0 saturated carbocycles. The maximum absolute atomic E-state index is 12.7. The monoisotopic (exact) mass is 443 g/mol. The van der Waals surface area contributed by atoms with Gasteiger partial charge in [0.1, 0.15) is 0 Å². The van der Waals surface area contributed by atoms with Gasteiger partial charge >= 0.3 is 0 Å². The summed E-state index contributed by atoms with van der Waals surface area (Å²) in [6.45, 7) is 4.01. The third kappa shape index (κ3) is 4.63. The van der Waals surface area contributed by atoms with Gasteiger partial charge in [0.15, 0.2) is 10.9 Å². The summed E-state index contributed by atoms with van der Waals surface area (Å²) < 4.78 is 1.97. The molecular formula is C25H21N3O3S. The Morgan fingerprint density at radius 1 is 1.00 bits per heavy atom. The zero-order valence-electron chi connectivity index (χ0n) is 17.7. The number of carbonyl (C=O) groups excluding carboxylic acids is 1. The van der Waals surface area contributed by atoms with Gasteiger partial charge in [0.05, 0.1) is 22.1 Å². The van der Waals surface area contributed by atoms with E-state index in [0.29, 0.717) is 16.4 Å². The Bertz CT molecular complexity index is 1280. The number of hydrogen-bond acceptors (Lipinski definition) is 5. The minimum atomic E-state index is -0.423. The summed E-state index contributed by atoms with van der Waals surface area (Å²) in [5.74, 6) is 0.289. The molecule has 6 nitrogen and oxygen atoms in total. The summed E-state index contributed by atoms with van der Waals surface area (Å²) in [6, 6.07) is 21.8. The Kier molecular flexibility index (Phi) is 6.18. The summed E-state index contributed by atoms with van der Waals surface area (Å²) >= 11 is 1.38. The molecule has 0 aliphatic carbocycles. The molecule has 160 valence electrons. The number of ketones is 1. The number of Topliss-reactive ketones (excluding diaryl/α,β-unsaturated/α-hetero) is 1. The molecule has 0 N–H and O–H groups in total. The number of nitrogens with zero attached hydrogens (tertiary/aromatic N) is 3. The summed E-state index contributed by atoms with van der Waals surface area (Å²) in [7, 11) is 0. The van der Waals surface area contributed by atoms with Crippen molar-refractivity contribution in [2.45, 2.75) is 19.0 Å². The summed E-state index contributed by atoms with van der Waals surface area (Å²) in [5, 5.41) is 11.7. The zero-order chi connectivity index (χ0) is 22.7. The zero-order valence-corrected chi connectivity index (χ0v) is 18.5. The van der Waals surface area contributed by atoms with Gasteiger partial charge in [-0.1, -0.05) is 59.8 Å². The molecule has 0 saturated heterocycles. The van der Waals surface area contributed by atoms with E-state index in [0.717, 1.165) is 22.4 Å². The molecule has 0 fully saturated rings. The SMILES string of the molecule is Cc1ccc(C(=O)CSc2nc(-c3ccc([N+](=O)[O-])cc3)cn2-c2ccccc2C)cc1. The van der Waals surface area contributed by atoms with E-state index in [4.69, 9.17) is 4.98 Å². The van der Waals surface area contributed by atoms with E-state index in [-0.39, 0.29) is 17.2 Å². The molecule has 1 heterocycles.